The summed E-state index contributed by atoms with van der Waals surface area (Å²) in [5, 5.41) is 5.69. The minimum absolute atomic E-state index is 0. The highest BCUT2D eigenvalue weighted by atomic mass is 35.5. The molecule has 0 saturated carbocycles. The van der Waals surface area contributed by atoms with Gasteiger partial charge in [-0.1, -0.05) is 18.2 Å². The van der Waals surface area contributed by atoms with Crippen LogP contribution in [0, 0.1) is 0 Å². The van der Waals surface area contributed by atoms with E-state index in [2.05, 4.69) is 34.5 Å². The summed E-state index contributed by atoms with van der Waals surface area (Å²) in [4.78, 5) is 2.39. The third-order valence-electron chi connectivity index (χ3n) is 4.43. The van der Waals surface area contributed by atoms with Crippen LogP contribution in [0.15, 0.2) is 36.4 Å². The van der Waals surface area contributed by atoms with Gasteiger partial charge in [0.25, 0.3) is 0 Å². The summed E-state index contributed by atoms with van der Waals surface area (Å²) >= 11 is 0. The van der Waals surface area contributed by atoms with Crippen LogP contribution in [-0.4, -0.2) is 44.9 Å². The minimum atomic E-state index is -0.282. The molecule has 5 heteroatoms. The van der Waals surface area contributed by atoms with Crippen LogP contribution in [0.2, 0.25) is 0 Å². The fourth-order valence-electron chi connectivity index (χ4n) is 3.23. The largest absolute Gasteiger partial charge is 0.497 e. The molecule has 2 aromatic carbocycles. The fraction of sp³-hybridized carbons (Fsp3) is 0.444. The molecule has 1 heterocycles. The second kappa shape index (κ2) is 8.48. The first-order chi connectivity index (χ1) is 10.8. The summed E-state index contributed by atoms with van der Waals surface area (Å²) in [6, 6.07) is 12.7. The Balaban J connectivity index is 0.00000192. The van der Waals surface area contributed by atoms with Crippen molar-refractivity contribution < 1.29 is 9.13 Å². The van der Waals surface area contributed by atoms with Gasteiger partial charge in [-0.25, -0.2) is 0 Å². The molecule has 3 nitrogen and oxygen atoms in total. The van der Waals surface area contributed by atoms with Gasteiger partial charge >= 0.3 is 0 Å². The molecule has 0 bridgehead atoms. The fourth-order valence-corrected chi connectivity index (χ4v) is 3.23. The smallest absolute Gasteiger partial charge is 0.119 e. The monoisotopic (exact) mass is 338 g/mol. The summed E-state index contributed by atoms with van der Waals surface area (Å²) in [6.45, 7) is 3.63. The van der Waals surface area contributed by atoms with Gasteiger partial charge in [-0.2, -0.15) is 0 Å². The summed E-state index contributed by atoms with van der Waals surface area (Å²) < 4.78 is 18.3. The number of piperazine rings is 1. The van der Waals surface area contributed by atoms with Crippen molar-refractivity contribution in [3.8, 4) is 5.75 Å². The molecule has 2 aromatic rings. The predicted octanol–water partition coefficient (Wildman–Crippen LogP) is 3.58. The molecule has 0 unspecified atom stereocenters. The van der Waals surface area contributed by atoms with Gasteiger partial charge < -0.3 is 10.1 Å². The molecule has 0 aliphatic carbocycles. The van der Waals surface area contributed by atoms with Crippen molar-refractivity contribution in [2.45, 2.75) is 12.5 Å². The van der Waals surface area contributed by atoms with Gasteiger partial charge in [-0.05, 0) is 41.0 Å². The maximum atomic E-state index is 13.0. The van der Waals surface area contributed by atoms with Gasteiger partial charge in [-0.15, -0.1) is 12.4 Å². The Morgan fingerprint density at radius 1 is 1.13 bits per heavy atom. The SMILES string of the molecule is COc1ccc2cc([C@H](CCF)N3CCNCC3)ccc2c1.Cl. The number of rotatable bonds is 5. The summed E-state index contributed by atoms with van der Waals surface area (Å²) in [7, 11) is 1.68. The number of nitrogens with zero attached hydrogens (tertiary/aromatic N) is 1. The average Bonchev–Trinajstić information content (AvgIpc) is 2.59. The molecular weight excluding hydrogens is 315 g/mol. The van der Waals surface area contributed by atoms with E-state index in [0.29, 0.717) is 6.42 Å². The van der Waals surface area contributed by atoms with Crippen LogP contribution in [0.5, 0.6) is 5.75 Å². The number of fused-ring (bicyclic) bond motifs is 1. The van der Waals surface area contributed by atoms with Gasteiger partial charge in [-0.3, -0.25) is 9.29 Å². The van der Waals surface area contributed by atoms with E-state index < -0.39 is 0 Å². The Labute approximate surface area is 143 Å². The zero-order valence-electron chi connectivity index (χ0n) is 13.4. The van der Waals surface area contributed by atoms with E-state index in [-0.39, 0.29) is 25.1 Å². The van der Waals surface area contributed by atoms with Crippen LogP contribution in [0.4, 0.5) is 4.39 Å². The summed E-state index contributed by atoms with van der Waals surface area (Å²) in [5.74, 6) is 0.864. The third-order valence-corrected chi connectivity index (χ3v) is 4.43. The van der Waals surface area contributed by atoms with Gasteiger partial charge in [0, 0.05) is 32.2 Å². The van der Waals surface area contributed by atoms with Gasteiger partial charge in [0.1, 0.15) is 5.75 Å². The van der Waals surface area contributed by atoms with Crippen molar-refractivity contribution in [2.75, 3.05) is 40.0 Å². The first-order valence-electron chi connectivity index (χ1n) is 7.90. The lowest BCUT2D eigenvalue weighted by Gasteiger charge is -2.35. The Kier molecular flexibility index (Phi) is 6.63. The highest BCUT2D eigenvalue weighted by Gasteiger charge is 2.22. The van der Waals surface area contributed by atoms with E-state index >= 15 is 0 Å². The van der Waals surface area contributed by atoms with E-state index in [1.807, 2.05) is 12.1 Å². The number of hydrogen-bond acceptors (Lipinski definition) is 3. The van der Waals surface area contributed by atoms with Crippen molar-refractivity contribution in [2.24, 2.45) is 0 Å². The molecule has 3 rings (SSSR count). The molecule has 1 N–H and O–H groups in total. The van der Waals surface area contributed by atoms with E-state index in [0.717, 1.165) is 37.3 Å². The summed E-state index contributed by atoms with van der Waals surface area (Å²) in [6.07, 6.45) is 0.557. The normalized spacial score (nSPS) is 16.8. The molecule has 1 atom stereocenters. The number of benzene rings is 2. The van der Waals surface area contributed by atoms with E-state index in [9.17, 15) is 4.39 Å². The zero-order valence-corrected chi connectivity index (χ0v) is 14.2. The number of ether oxygens (including phenoxy) is 1. The van der Waals surface area contributed by atoms with Crippen LogP contribution in [0.1, 0.15) is 18.0 Å². The topological polar surface area (TPSA) is 24.5 Å². The first-order valence-corrected chi connectivity index (χ1v) is 7.90. The lowest BCUT2D eigenvalue weighted by atomic mass is 9.98. The molecule has 1 aliphatic rings. The molecule has 0 amide bonds. The van der Waals surface area contributed by atoms with Crippen LogP contribution in [0.25, 0.3) is 10.8 Å². The van der Waals surface area contributed by atoms with Crippen LogP contribution in [0.3, 0.4) is 0 Å². The first kappa shape index (κ1) is 18.0. The lowest BCUT2D eigenvalue weighted by molar-refractivity contribution is 0.157. The zero-order chi connectivity index (χ0) is 15.4. The number of nitrogens with one attached hydrogen (secondary N) is 1. The maximum Gasteiger partial charge on any atom is 0.119 e. The lowest BCUT2D eigenvalue weighted by Crippen LogP contribution is -2.45. The van der Waals surface area contributed by atoms with E-state index in [4.69, 9.17) is 4.74 Å². The highest BCUT2D eigenvalue weighted by molar-refractivity contribution is 5.85. The van der Waals surface area contributed by atoms with Crippen molar-refractivity contribution in [1.29, 1.82) is 0 Å². The van der Waals surface area contributed by atoms with E-state index in [1.165, 1.54) is 10.9 Å². The predicted molar refractivity (Wildman–Crippen MR) is 95.5 cm³/mol. The highest BCUT2D eigenvalue weighted by Crippen LogP contribution is 2.29. The van der Waals surface area contributed by atoms with Crippen molar-refractivity contribution >= 4 is 23.2 Å². The second-order valence-corrected chi connectivity index (χ2v) is 5.75. The van der Waals surface area contributed by atoms with Crippen LogP contribution < -0.4 is 10.1 Å². The second-order valence-electron chi connectivity index (χ2n) is 5.75. The summed E-state index contributed by atoms with van der Waals surface area (Å²) in [5.41, 5.74) is 1.21. The Morgan fingerprint density at radius 3 is 2.52 bits per heavy atom. The van der Waals surface area contributed by atoms with Crippen molar-refractivity contribution in [1.82, 2.24) is 10.2 Å². The number of methoxy groups -OCH3 is 1. The quantitative estimate of drug-likeness (QED) is 0.902. The molecule has 1 aliphatic heterocycles. The Bertz CT molecular complexity index is 631. The molecular formula is C18H24ClFN2O. The molecule has 0 radical (unpaired) electrons. The average molecular weight is 339 g/mol. The number of halogens is 2. The van der Waals surface area contributed by atoms with Crippen molar-refractivity contribution in [3.05, 3.63) is 42.0 Å². The molecule has 1 fully saturated rings. The Morgan fingerprint density at radius 2 is 1.83 bits per heavy atom. The Hall–Kier alpha value is -1.36. The van der Waals surface area contributed by atoms with E-state index in [1.54, 1.807) is 7.11 Å². The van der Waals surface area contributed by atoms with Gasteiger partial charge in [0.15, 0.2) is 0 Å². The number of alkyl halides is 1. The van der Waals surface area contributed by atoms with Crippen LogP contribution >= 0.6 is 12.4 Å². The van der Waals surface area contributed by atoms with Gasteiger partial charge in [0.2, 0.25) is 0 Å². The standard InChI is InChI=1S/C18H23FN2O.ClH/c1-22-17-5-4-14-12-16(3-2-15(14)13-17)18(6-7-19)21-10-8-20-9-11-21;/h2-5,12-13,18,20H,6-11H2,1H3;1H/t18-;/m0./s1. The molecule has 0 aromatic heterocycles. The molecule has 23 heavy (non-hydrogen) atoms. The third kappa shape index (κ3) is 4.14. The van der Waals surface area contributed by atoms with Crippen molar-refractivity contribution in [3.63, 3.8) is 0 Å². The number of hydrogen-bond donors (Lipinski definition) is 1. The maximum absolute atomic E-state index is 13.0. The molecule has 0 spiro atoms. The van der Waals surface area contributed by atoms with Gasteiger partial charge in [0.05, 0.1) is 13.8 Å². The molecule has 126 valence electrons. The van der Waals surface area contributed by atoms with Crippen LogP contribution in [-0.2, 0) is 0 Å². The molecule has 1 saturated heterocycles. The minimum Gasteiger partial charge on any atom is -0.497 e.